The summed E-state index contributed by atoms with van der Waals surface area (Å²) in [7, 11) is 1.36. The van der Waals surface area contributed by atoms with Crippen molar-refractivity contribution in [1.82, 2.24) is 10.6 Å². The van der Waals surface area contributed by atoms with E-state index in [-0.39, 0.29) is 19.1 Å². The quantitative estimate of drug-likeness (QED) is 0.420. The first-order chi connectivity index (χ1) is 11.8. The Morgan fingerprint density at radius 2 is 1.96 bits per heavy atom. The van der Waals surface area contributed by atoms with Gasteiger partial charge in [0.05, 0.1) is 6.54 Å². The third-order valence-corrected chi connectivity index (χ3v) is 3.14. The number of methoxy groups -OCH3 is 1. The molecule has 136 valence electrons. The second-order valence-electron chi connectivity index (χ2n) is 5.46. The number of carbonyl (C=O) groups excluding carboxylic acids is 2. The number of β-lactam (4-membered cyclic amide) rings is 1. The number of allylic oxidation sites excluding steroid dienone is 1. The van der Waals surface area contributed by atoms with Crippen LogP contribution in [0.2, 0.25) is 0 Å². The molecular weight excluding hydrogens is 328 g/mol. The number of nitrogens with one attached hydrogen (secondary N) is 2. The van der Waals surface area contributed by atoms with Crippen LogP contribution in [0, 0.1) is 0 Å². The van der Waals surface area contributed by atoms with Gasteiger partial charge in [0.1, 0.15) is 6.61 Å². The van der Waals surface area contributed by atoms with Crippen molar-refractivity contribution in [2.45, 2.75) is 26.2 Å². The van der Waals surface area contributed by atoms with Crippen LogP contribution in [0.3, 0.4) is 0 Å². The van der Waals surface area contributed by atoms with Crippen LogP contribution >= 0.6 is 0 Å². The monoisotopic (exact) mass is 350 g/mol. The lowest BCUT2D eigenvalue weighted by Gasteiger charge is -2.38. The minimum absolute atomic E-state index is 0.147. The SMILES string of the molecule is CC(C)=CC(=O)O.COC1(NC(=O)OCc2ccccc2)CNC1=O. The Bertz CT molecular complexity index is 636. The molecule has 8 heteroatoms. The number of hydrogen-bond acceptors (Lipinski definition) is 5. The molecule has 25 heavy (non-hydrogen) atoms. The number of ether oxygens (including phenoxy) is 2. The highest BCUT2D eigenvalue weighted by Crippen LogP contribution is 2.13. The summed E-state index contributed by atoms with van der Waals surface area (Å²) < 4.78 is 9.98. The van der Waals surface area contributed by atoms with Gasteiger partial charge in [-0.05, 0) is 19.4 Å². The summed E-state index contributed by atoms with van der Waals surface area (Å²) in [5, 5.41) is 12.9. The zero-order valence-electron chi connectivity index (χ0n) is 14.4. The van der Waals surface area contributed by atoms with Gasteiger partial charge < -0.3 is 19.9 Å². The minimum Gasteiger partial charge on any atom is -0.478 e. The van der Waals surface area contributed by atoms with Gasteiger partial charge >= 0.3 is 12.1 Å². The molecule has 0 aliphatic carbocycles. The molecule has 1 saturated heterocycles. The lowest BCUT2D eigenvalue weighted by atomic mass is 10.1. The van der Waals surface area contributed by atoms with E-state index in [1.807, 2.05) is 30.3 Å². The van der Waals surface area contributed by atoms with Crippen LogP contribution in [-0.4, -0.2) is 42.5 Å². The molecule has 1 aliphatic heterocycles. The Morgan fingerprint density at radius 1 is 1.32 bits per heavy atom. The van der Waals surface area contributed by atoms with Gasteiger partial charge in [-0.15, -0.1) is 0 Å². The third kappa shape index (κ3) is 6.64. The summed E-state index contributed by atoms with van der Waals surface area (Å²) in [6.45, 7) is 3.87. The first-order valence-electron chi connectivity index (χ1n) is 7.49. The highest BCUT2D eigenvalue weighted by Gasteiger charge is 2.48. The van der Waals surface area contributed by atoms with E-state index in [9.17, 15) is 14.4 Å². The molecule has 8 nitrogen and oxygen atoms in total. The lowest BCUT2D eigenvalue weighted by Crippen LogP contribution is -2.74. The largest absolute Gasteiger partial charge is 0.478 e. The van der Waals surface area contributed by atoms with E-state index in [1.165, 1.54) is 13.2 Å². The van der Waals surface area contributed by atoms with E-state index in [2.05, 4.69) is 10.6 Å². The molecule has 0 aromatic heterocycles. The number of rotatable bonds is 5. The van der Waals surface area contributed by atoms with Crippen molar-refractivity contribution in [2.24, 2.45) is 0 Å². The molecule has 1 atom stereocenters. The number of alkyl carbamates (subject to hydrolysis) is 1. The molecule has 3 N–H and O–H groups in total. The first kappa shape index (κ1) is 20.2. The molecule has 2 amide bonds. The molecule has 0 saturated carbocycles. The molecule has 0 radical (unpaired) electrons. The fourth-order valence-electron chi connectivity index (χ4n) is 1.81. The van der Waals surface area contributed by atoms with E-state index in [0.29, 0.717) is 0 Å². The van der Waals surface area contributed by atoms with Crippen LogP contribution in [0.5, 0.6) is 0 Å². The van der Waals surface area contributed by atoms with E-state index >= 15 is 0 Å². The van der Waals surface area contributed by atoms with Crippen LogP contribution in [0.25, 0.3) is 0 Å². The van der Waals surface area contributed by atoms with Crippen LogP contribution in [0.1, 0.15) is 19.4 Å². The predicted octanol–water partition coefficient (Wildman–Crippen LogP) is 1.42. The number of hydrogen-bond donors (Lipinski definition) is 3. The van der Waals surface area contributed by atoms with Gasteiger partial charge in [-0.1, -0.05) is 35.9 Å². The summed E-state index contributed by atoms with van der Waals surface area (Å²) in [5.41, 5.74) is 0.401. The normalized spacial score (nSPS) is 17.8. The van der Waals surface area contributed by atoms with Gasteiger partial charge in [-0.2, -0.15) is 0 Å². The predicted molar refractivity (Wildman–Crippen MR) is 89.6 cm³/mol. The summed E-state index contributed by atoms with van der Waals surface area (Å²) >= 11 is 0. The van der Waals surface area contributed by atoms with Crippen LogP contribution < -0.4 is 10.6 Å². The Kier molecular flexibility index (Phi) is 7.61. The van der Waals surface area contributed by atoms with Crippen LogP contribution in [0.15, 0.2) is 42.0 Å². The Morgan fingerprint density at radius 3 is 2.32 bits per heavy atom. The topological polar surface area (TPSA) is 114 Å². The summed E-state index contributed by atoms with van der Waals surface area (Å²) in [5.74, 6) is -1.25. The highest BCUT2D eigenvalue weighted by molar-refractivity contribution is 5.94. The number of carboxylic acids is 1. The summed E-state index contributed by atoms with van der Waals surface area (Å²) in [4.78, 5) is 32.6. The summed E-state index contributed by atoms with van der Waals surface area (Å²) in [6, 6.07) is 9.27. The fraction of sp³-hybridized carbons (Fsp3) is 0.353. The maximum absolute atomic E-state index is 11.5. The molecule has 1 heterocycles. The second-order valence-corrected chi connectivity index (χ2v) is 5.46. The van der Waals surface area contributed by atoms with Crippen molar-refractivity contribution in [3.05, 3.63) is 47.5 Å². The van der Waals surface area contributed by atoms with Crippen molar-refractivity contribution < 1.29 is 29.0 Å². The highest BCUT2D eigenvalue weighted by atomic mass is 16.6. The Hall–Kier alpha value is -2.87. The maximum atomic E-state index is 11.5. The number of carboxylic acid groups (broad SMARTS) is 1. The molecule has 1 fully saturated rings. The van der Waals surface area contributed by atoms with E-state index in [0.717, 1.165) is 11.1 Å². The van der Waals surface area contributed by atoms with Crippen LogP contribution in [0.4, 0.5) is 4.79 Å². The summed E-state index contributed by atoms with van der Waals surface area (Å²) in [6.07, 6.45) is 0.482. The van der Waals surface area contributed by atoms with Gasteiger partial charge in [0.2, 0.25) is 5.72 Å². The molecule has 0 bridgehead atoms. The number of carbonyl (C=O) groups is 3. The number of aliphatic carboxylic acids is 1. The van der Waals surface area contributed by atoms with Gasteiger partial charge in [-0.25, -0.2) is 9.59 Å². The standard InChI is InChI=1S/C12H14N2O4.C5H8O2/c1-17-12(8-13-10(12)15)14-11(16)18-7-9-5-3-2-4-6-9;1-4(2)3-5(6)7/h2-6H,7-8H2,1H3,(H,13,15)(H,14,16);3H,1-2H3,(H,6,7). The molecule has 1 unspecified atom stereocenters. The second kappa shape index (κ2) is 9.43. The van der Waals surface area contributed by atoms with E-state index < -0.39 is 17.8 Å². The molecule has 0 spiro atoms. The van der Waals surface area contributed by atoms with Gasteiger partial charge in [-0.3, -0.25) is 10.1 Å². The molecular formula is C17H22N2O6. The third-order valence-electron chi connectivity index (χ3n) is 3.14. The lowest BCUT2D eigenvalue weighted by molar-refractivity contribution is -0.161. The van der Waals surface area contributed by atoms with E-state index in [4.69, 9.17) is 14.6 Å². The van der Waals surface area contributed by atoms with E-state index in [1.54, 1.807) is 13.8 Å². The zero-order chi connectivity index (χ0) is 18.9. The first-order valence-corrected chi connectivity index (χ1v) is 7.49. The molecule has 1 aromatic rings. The maximum Gasteiger partial charge on any atom is 0.410 e. The average Bonchev–Trinajstić information content (AvgIpc) is 2.56. The smallest absolute Gasteiger partial charge is 0.410 e. The molecule has 2 rings (SSSR count). The van der Waals surface area contributed by atoms with Gasteiger partial charge in [0.15, 0.2) is 0 Å². The number of benzene rings is 1. The van der Waals surface area contributed by atoms with Crippen molar-refractivity contribution in [3.63, 3.8) is 0 Å². The average molecular weight is 350 g/mol. The minimum atomic E-state index is -1.28. The zero-order valence-corrected chi connectivity index (χ0v) is 14.4. The Labute approximate surface area is 145 Å². The fourth-order valence-corrected chi connectivity index (χ4v) is 1.81. The van der Waals surface area contributed by atoms with Gasteiger partial charge in [0.25, 0.3) is 5.91 Å². The molecule has 1 aromatic carbocycles. The molecule has 1 aliphatic rings. The van der Waals surface area contributed by atoms with Crippen molar-refractivity contribution in [3.8, 4) is 0 Å². The number of amides is 2. The Balaban J connectivity index is 0.000000381. The van der Waals surface area contributed by atoms with Gasteiger partial charge in [0, 0.05) is 13.2 Å². The van der Waals surface area contributed by atoms with Crippen molar-refractivity contribution in [1.29, 1.82) is 0 Å². The van der Waals surface area contributed by atoms with Crippen molar-refractivity contribution in [2.75, 3.05) is 13.7 Å². The van der Waals surface area contributed by atoms with Crippen molar-refractivity contribution >= 4 is 18.0 Å². The van der Waals surface area contributed by atoms with Crippen LogP contribution in [-0.2, 0) is 25.7 Å².